The molecule has 3 heterocycles. The van der Waals surface area contributed by atoms with Crippen LogP contribution >= 0.6 is 11.3 Å². The minimum Gasteiger partial charge on any atom is -0.378 e. The van der Waals surface area contributed by atoms with E-state index >= 15 is 0 Å². The zero-order chi connectivity index (χ0) is 16.4. The Morgan fingerprint density at radius 1 is 1.43 bits per heavy atom. The first-order valence-electron chi connectivity index (χ1n) is 7.19. The van der Waals surface area contributed by atoms with Crippen LogP contribution in [0.1, 0.15) is 17.6 Å². The second kappa shape index (κ2) is 6.52. The summed E-state index contributed by atoms with van der Waals surface area (Å²) in [5.74, 6) is 1.11. The quantitative estimate of drug-likeness (QED) is 0.899. The standard InChI is InChI=1S/C14H18N4O3S2/c1-10-8-12(15-2)17-14(16-10)11-9-21-6-5-18(11)23(19,20)13-4-3-7-22-13/h3-4,7-8,11H,5-6,9H2,1-2H3,(H,15,16,17)/t11-/m0/s1. The van der Waals surface area contributed by atoms with Crippen molar-refractivity contribution in [3.05, 3.63) is 35.1 Å². The van der Waals surface area contributed by atoms with Gasteiger partial charge in [0.15, 0.2) is 5.82 Å². The number of hydrogen-bond donors (Lipinski definition) is 1. The van der Waals surface area contributed by atoms with Gasteiger partial charge in [0.05, 0.1) is 13.2 Å². The Labute approximate surface area is 139 Å². The maximum absolute atomic E-state index is 12.9. The minimum atomic E-state index is -3.58. The van der Waals surface area contributed by atoms with Gasteiger partial charge in [0.2, 0.25) is 0 Å². The average Bonchev–Trinajstić information content (AvgIpc) is 3.09. The van der Waals surface area contributed by atoms with Gasteiger partial charge in [0.25, 0.3) is 10.0 Å². The van der Waals surface area contributed by atoms with E-state index in [2.05, 4.69) is 15.3 Å². The lowest BCUT2D eigenvalue weighted by Gasteiger charge is -2.33. The highest BCUT2D eigenvalue weighted by atomic mass is 32.2. The smallest absolute Gasteiger partial charge is 0.253 e. The minimum absolute atomic E-state index is 0.247. The highest BCUT2D eigenvalue weighted by Crippen LogP contribution is 2.31. The van der Waals surface area contributed by atoms with Crippen LogP contribution in [0.25, 0.3) is 0 Å². The molecule has 1 fully saturated rings. The lowest BCUT2D eigenvalue weighted by molar-refractivity contribution is 0.0290. The molecule has 7 nitrogen and oxygen atoms in total. The van der Waals surface area contributed by atoms with Crippen LogP contribution in [0.15, 0.2) is 27.8 Å². The summed E-state index contributed by atoms with van der Waals surface area (Å²) in [5, 5.41) is 4.73. The van der Waals surface area contributed by atoms with Crippen molar-refractivity contribution in [1.82, 2.24) is 14.3 Å². The summed E-state index contributed by atoms with van der Waals surface area (Å²) in [6.07, 6.45) is 0. The van der Waals surface area contributed by atoms with Crippen molar-refractivity contribution in [3.63, 3.8) is 0 Å². The van der Waals surface area contributed by atoms with Crippen LogP contribution in [0.5, 0.6) is 0 Å². The first kappa shape index (κ1) is 16.3. The van der Waals surface area contributed by atoms with Gasteiger partial charge in [-0.25, -0.2) is 18.4 Å². The Morgan fingerprint density at radius 2 is 2.26 bits per heavy atom. The molecule has 0 spiro atoms. The van der Waals surface area contributed by atoms with Crippen LogP contribution in [0, 0.1) is 6.92 Å². The van der Waals surface area contributed by atoms with Crippen LogP contribution in [-0.2, 0) is 14.8 Å². The summed E-state index contributed by atoms with van der Waals surface area (Å²) in [6.45, 7) is 2.76. The molecule has 2 aromatic rings. The molecule has 0 saturated carbocycles. The number of rotatable bonds is 4. The fraction of sp³-hybridized carbons (Fsp3) is 0.429. The van der Waals surface area contributed by atoms with E-state index in [9.17, 15) is 8.42 Å². The molecule has 0 radical (unpaired) electrons. The van der Waals surface area contributed by atoms with Crippen LogP contribution < -0.4 is 5.32 Å². The molecule has 9 heteroatoms. The van der Waals surface area contributed by atoms with Crippen molar-refractivity contribution in [3.8, 4) is 0 Å². The zero-order valence-corrected chi connectivity index (χ0v) is 14.5. The van der Waals surface area contributed by atoms with E-state index in [4.69, 9.17) is 4.74 Å². The van der Waals surface area contributed by atoms with Gasteiger partial charge in [-0.05, 0) is 18.4 Å². The van der Waals surface area contributed by atoms with Gasteiger partial charge in [-0.1, -0.05) is 6.07 Å². The third-order valence-electron chi connectivity index (χ3n) is 3.56. The molecule has 0 aromatic carbocycles. The molecular weight excluding hydrogens is 336 g/mol. The first-order valence-corrected chi connectivity index (χ1v) is 9.51. The van der Waals surface area contributed by atoms with Crippen molar-refractivity contribution in [2.75, 3.05) is 32.1 Å². The Hall–Kier alpha value is -1.55. The number of thiophene rings is 1. The normalized spacial score (nSPS) is 19.7. The Morgan fingerprint density at radius 3 is 2.96 bits per heavy atom. The molecule has 1 aliphatic rings. The van der Waals surface area contributed by atoms with Crippen molar-refractivity contribution >= 4 is 27.2 Å². The van der Waals surface area contributed by atoms with Crippen molar-refractivity contribution in [2.45, 2.75) is 17.2 Å². The SMILES string of the molecule is CNc1cc(C)nc([C@@H]2COCCN2S(=O)(=O)c2cccs2)n1. The number of nitrogens with zero attached hydrogens (tertiary/aromatic N) is 3. The number of morpholine rings is 1. The second-order valence-electron chi connectivity index (χ2n) is 5.14. The van der Waals surface area contributed by atoms with Crippen molar-refractivity contribution < 1.29 is 13.2 Å². The van der Waals surface area contributed by atoms with Crippen LogP contribution in [0.2, 0.25) is 0 Å². The number of sulfonamides is 1. The molecule has 0 unspecified atom stereocenters. The molecule has 0 aliphatic carbocycles. The number of nitrogens with one attached hydrogen (secondary N) is 1. The summed E-state index contributed by atoms with van der Waals surface area (Å²) < 4.78 is 33.0. The van der Waals surface area contributed by atoms with Gasteiger partial charge in [0, 0.05) is 25.4 Å². The molecule has 0 bridgehead atoms. The molecule has 1 aliphatic heterocycles. The van der Waals surface area contributed by atoms with Crippen molar-refractivity contribution in [1.29, 1.82) is 0 Å². The van der Waals surface area contributed by atoms with Crippen LogP contribution in [0.3, 0.4) is 0 Å². The number of aryl methyl sites for hydroxylation is 1. The lowest BCUT2D eigenvalue weighted by atomic mass is 10.2. The largest absolute Gasteiger partial charge is 0.378 e. The van der Waals surface area contributed by atoms with Gasteiger partial charge >= 0.3 is 0 Å². The van der Waals surface area contributed by atoms with Crippen LogP contribution in [0.4, 0.5) is 5.82 Å². The summed E-state index contributed by atoms with van der Waals surface area (Å²) in [4.78, 5) is 8.83. The van der Waals surface area contributed by atoms with E-state index in [0.717, 1.165) is 5.69 Å². The third-order valence-corrected chi connectivity index (χ3v) is 6.84. The average molecular weight is 354 g/mol. The topological polar surface area (TPSA) is 84.4 Å². The maximum Gasteiger partial charge on any atom is 0.253 e. The molecule has 1 saturated heterocycles. The molecule has 23 heavy (non-hydrogen) atoms. The molecule has 1 N–H and O–H groups in total. The second-order valence-corrected chi connectivity index (χ2v) is 8.21. The van der Waals surface area contributed by atoms with Gasteiger partial charge < -0.3 is 10.1 Å². The maximum atomic E-state index is 12.9. The van der Waals surface area contributed by atoms with E-state index in [-0.39, 0.29) is 13.2 Å². The van der Waals surface area contributed by atoms with E-state index in [1.807, 2.05) is 13.0 Å². The van der Waals surface area contributed by atoms with Gasteiger partial charge in [-0.2, -0.15) is 4.31 Å². The predicted molar refractivity (Wildman–Crippen MR) is 88.1 cm³/mol. The Bertz CT molecular complexity index is 777. The summed E-state index contributed by atoms with van der Waals surface area (Å²) in [6, 6.07) is 4.63. The van der Waals surface area contributed by atoms with E-state index < -0.39 is 16.1 Å². The Balaban J connectivity index is 2.01. The number of anilines is 1. The first-order chi connectivity index (χ1) is 11.0. The van der Waals surface area contributed by atoms with Gasteiger partial charge in [0.1, 0.15) is 16.1 Å². The third kappa shape index (κ3) is 3.23. The van der Waals surface area contributed by atoms with Crippen molar-refractivity contribution in [2.24, 2.45) is 0 Å². The Kier molecular flexibility index (Phi) is 4.62. The molecule has 124 valence electrons. The van der Waals surface area contributed by atoms with Gasteiger partial charge in [-0.3, -0.25) is 0 Å². The highest BCUT2D eigenvalue weighted by Gasteiger charge is 2.37. The van der Waals surface area contributed by atoms with Crippen LogP contribution in [-0.4, -0.2) is 49.5 Å². The monoisotopic (exact) mass is 354 g/mol. The van der Waals surface area contributed by atoms with E-state index in [1.54, 1.807) is 24.6 Å². The summed E-state index contributed by atoms with van der Waals surface area (Å²) >= 11 is 1.21. The molecule has 2 aromatic heterocycles. The van der Waals surface area contributed by atoms with Gasteiger partial charge in [-0.15, -0.1) is 11.3 Å². The predicted octanol–water partition coefficient (Wildman–Crippen LogP) is 1.65. The summed E-state index contributed by atoms with van der Waals surface area (Å²) in [5.41, 5.74) is 0.776. The van der Waals surface area contributed by atoms with E-state index in [0.29, 0.717) is 22.5 Å². The zero-order valence-electron chi connectivity index (χ0n) is 12.9. The number of hydrogen-bond acceptors (Lipinski definition) is 7. The fourth-order valence-electron chi connectivity index (χ4n) is 2.47. The van der Waals surface area contributed by atoms with E-state index in [1.165, 1.54) is 15.6 Å². The number of aromatic nitrogens is 2. The lowest BCUT2D eigenvalue weighted by Crippen LogP contribution is -2.43. The number of ether oxygens (including phenoxy) is 1. The molecule has 0 amide bonds. The fourth-order valence-corrected chi connectivity index (χ4v) is 5.15. The highest BCUT2D eigenvalue weighted by molar-refractivity contribution is 7.91. The summed E-state index contributed by atoms with van der Waals surface area (Å²) in [7, 11) is -1.81. The molecule has 3 rings (SSSR count). The molecular formula is C14H18N4O3S2. The molecule has 1 atom stereocenters.